The molecule has 3 heteroatoms. The summed E-state index contributed by atoms with van der Waals surface area (Å²) in [5.41, 5.74) is 1.36. The molecular formula is C12H21N3. The van der Waals surface area contributed by atoms with Gasteiger partial charge in [0.2, 0.25) is 0 Å². The van der Waals surface area contributed by atoms with Crippen molar-refractivity contribution in [3.63, 3.8) is 0 Å². The Balaban J connectivity index is 1.74. The van der Waals surface area contributed by atoms with Crippen LogP contribution in [0.4, 0.5) is 0 Å². The Morgan fingerprint density at radius 1 is 1.40 bits per heavy atom. The third-order valence-corrected chi connectivity index (χ3v) is 3.01. The van der Waals surface area contributed by atoms with E-state index in [2.05, 4.69) is 34.3 Å². The van der Waals surface area contributed by atoms with Crippen molar-refractivity contribution in [1.82, 2.24) is 15.2 Å². The van der Waals surface area contributed by atoms with E-state index in [4.69, 9.17) is 0 Å². The standard InChI is InChI=1S/C12H21N3/c1-11(9-12-3-2-4-14-12)10-15-7-5-13-6-8-15/h2-4,11,13-14H,5-10H2,1H3. The minimum atomic E-state index is 0.738. The molecule has 1 aromatic rings. The first-order valence-corrected chi connectivity index (χ1v) is 5.90. The summed E-state index contributed by atoms with van der Waals surface area (Å²) < 4.78 is 0. The molecule has 0 amide bonds. The molecule has 0 saturated carbocycles. The average molecular weight is 207 g/mol. The van der Waals surface area contributed by atoms with E-state index >= 15 is 0 Å². The molecule has 1 atom stereocenters. The maximum absolute atomic E-state index is 3.39. The second-order valence-corrected chi connectivity index (χ2v) is 4.56. The van der Waals surface area contributed by atoms with Crippen molar-refractivity contribution >= 4 is 0 Å². The molecule has 1 aliphatic rings. The van der Waals surface area contributed by atoms with E-state index in [1.807, 2.05) is 6.20 Å². The number of rotatable bonds is 4. The Labute approximate surface area is 91.9 Å². The molecule has 15 heavy (non-hydrogen) atoms. The van der Waals surface area contributed by atoms with Crippen molar-refractivity contribution in [1.29, 1.82) is 0 Å². The summed E-state index contributed by atoms with van der Waals surface area (Å²) in [6, 6.07) is 4.25. The Morgan fingerprint density at radius 3 is 2.87 bits per heavy atom. The van der Waals surface area contributed by atoms with Crippen LogP contribution in [-0.4, -0.2) is 42.6 Å². The molecule has 2 rings (SSSR count). The highest BCUT2D eigenvalue weighted by Crippen LogP contribution is 2.08. The number of nitrogens with one attached hydrogen (secondary N) is 2. The molecule has 1 fully saturated rings. The highest BCUT2D eigenvalue weighted by Gasteiger charge is 2.13. The Hall–Kier alpha value is -0.800. The molecule has 84 valence electrons. The van der Waals surface area contributed by atoms with Crippen molar-refractivity contribution in [3.05, 3.63) is 24.0 Å². The molecule has 0 radical (unpaired) electrons. The molecular weight excluding hydrogens is 186 g/mol. The average Bonchev–Trinajstić information content (AvgIpc) is 2.71. The fourth-order valence-corrected chi connectivity index (χ4v) is 2.27. The summed E-state index contributed by atoms with van der Waals surface area (Å²) in [5, 5.41) is 3.39. The van der Waals surface area contributed by atoms with Gasteiger partial charge in [-0.2, -0.15) is 0 Å². The van der Waals surface area contributed by atoms with Gasteiger partial charge in [-0.3, -0.25) is 0 Å². The van der Waals surface area contributed by atoms with Gasteiger partial charge in [-0.1, -0.05) is 6.92 Å². The summed E-state index contributed by atoms with van der Waals surface area (Å²) in [7, 11) is 0. The first-order valence-electron chi connectivity index (χ1n) is 5.90. The lowest BCUT2D eigenvalue weighted by molar-refractivity contribution is 0.210. The zero-order valence-electron chi connectivity index (χ0n) is 9.50. The number of H-pyrrole nitrogens is 1. The van der Waals surface area contributed by atoms with E-state index in [0.717, 1.165) is 25.4 Å². The summed E-state index contributed by atoms with van der Waals surface area (Å²) in [6.45, 7) is 8.26. The van der Waals surface area contributed by atoms with Gasteiger partial charge < -0.3 is 15.2 Å². The van der Waals surface area contributed by atoms with Crippen molar-refractivity contribution in [2.45, 2.75) is 13.3 Å². The quantitative estimate of drug-likeness (QED) is 0.774. The number of aromatic nitrogens is 1. The third kappa shape index (κ3) is 3.36. The van der Waals surface area contributed by atoms with Crippen LogP contribution in [0.3, 0.4) is 0 Å². The lowest BCUT2D eigenvalue weighted by atomic mass is 10.0. The monoisotopic (exact) mass is 207 g/mol. The minimum Gasteiger partial charge on any atom is -0.365 e. The molecule has 1 saturated heterocycles. The SMILES string of the molecule is CC(Cc1ccc[nH]1)CN1CCNCC1. The van der Waals surface area contributed by atoms with Crippen LogP contribution in [-0.2, 0) is 6.42 Å². The van der Waals surface area contributed by atoms with Crippen LogP contribution in [0.2, 0.25) is 0 Å². The normalized spacial score (nSPS) is 20.3. The molecule has 3 nitrogen and oxygen atoms in total. The van der Waals surface area contributed by atoms with Crippen LogP contribution < -0.4 is 5.32 Å². The third-order valence-electron chi connectivity index (χ3n) is 3.01. The Morgan fingerprint density at radius 2 is 2.20 bits per heavy atom. The topological polar surface area (TPSA) is 31.1 Å². The van der Waals surface area contributed by atoms with Crippen molar-refractivity contribution in [2.24, 2.45) is 5.92 Å². The van der Waals surface area contributed by atoms with Crippen LogP contribution in [0.15, 0.2) is 18.3 Å². The van der Waals surface area contributed by atoms with E-state index in [1.54, 1.807) is 0 Å². The number of nitrogens with zero attached hydrogens (tertiary/aromatic N) is 1. The number of hydrogen-bond acceptors (Lipinski definition) is 2. The van der Waals surface area contributed by atoms with Crippen LogP contribution >= 0.6 is 0 Å². The summed E-state index contributed by atoms with van der Waals surface area (Å²) in [5.74, 6) is 0.738. The van der Waals surface area contributed by atoms with Crippen LogP contribution in [0.5, 0.6) is 0 Å². The molecule has 2 heterocycles. The molecule has 0 bridgehead atoms. The zero-order valence-corrected chi connectivity index (χ0v) is 9.50. The van der Waals surface area contributed by atoms with E-state index in [-0.39, 0.29) is 0 Å². The summed E-state index contributed by atoms with van der Waals surface area (Å²) in [6.07, 6.45) is 3.17. The first-order chi connectivity index (χ1) is 7.34. The largest absolute Gasteiger partial charge is 0.365 e. The highest BCUT2D eigenvalue weighted by molar-refractivity contribution is 5.04. The second-order valence-electron chi connectivity index (χ2n) is 4.56. The van der Waals surface area contributed by atoms with E-state index in [9.17, 15) is 0 Å². The van der Waals surface area contributed by atoms with Gasteiger partial charge in [-0.25, -0.2) is 0 Å². The van der Waals surface area contributed by atoms with Gasteiger partial charge in [0.15, 0.2) is 0 Å². The molecule has 1 unspecified atom stereocenters. The predicted molar refractivity (Wildman–Crippen MR) is 63.0 cm³/mol. The van der Waals surface area contributed by atoms with Crippen LogP contribution in [0.1, 0.15) is 12.6 Å². The molecule has 0 aromatic carbocycles. The van der Waals surface area contributed by atoms with Gasteiger partial charge >= 0.3 is 0 Å². The maximum Gasteiger partial charge on any atom is 0.0150 e. The van der Waals surface area contributed by atoms with E-state index < -0.39 is 0 Å². The van der Waals surface area contributed by atoms with E-state index in [1.165, 1.54) is 25.3 Å². The van der Waals surface area contributed by atoms with Crippen molar-refractivity contribution < 1.29 is 0 Å². The number of hydrogen-bond donors (Lipinski definition) is 2. The Kier molecular flexibility index (Phi) is 3.80. The molecule has 0 aliphatic carbocycles. The van der Waals surface area contributed by atoms with Crippen molar-refractivity contribution in [3.8, 4) is 0 Å². The van der Waals surface area contributed by atoms with Gasteiger partial charge in [-0.15, -0.1) is 0 Å². The Bertz CT molecular complexity index is 262. The minimum absolute atomic E-state index is 0.738. The molecule has 1 aromatic heterocycles. The number of aromatic amines is 1. The summed E-state index contributed by atoms with van der Waals surface area (Å²) in [4.78, 5) is 5.83. The second kappa shape index (κ2) is 5.33. The lowest BCUT2D eigenvalue weighted by Gasteiger charge is -2.29. The van der Waals surface area contributed by atoms with Crippen LogP contribution in [0, 0.1) is 5.92 Å². The van der Waals surface area contributed by atoms with Gasteiger partial charge in [0.25, 0.3) is 0 Å². The zero-order chi connectivity index (χ0) is 10.5. The molecule has 0 spiro atoms. The number of piperazine rings is 1. The predicted octanol–water partition coefficient (Wildman–Crippen LogP) is 1.10. The maximum atomic E-state index is 3.39. The fraction of sp³-hybridized carbons (Fsp3) is 0.667. The fourth-order valence-electron chi connectivity index (χ4n) is 2.27. The van der Waals surface area contributed by atoms with Gasteiger partial charge in [-0.05, 0) is 24.5 Å². The van der Waals surface area contributed by atoms with Gasteiger partial charge in [0.05, 0.1) is 0 Å². The van der Waals surface area contributed by atoms with Gasteiger partial charge in [0, 0.05) is 44.6 Å². The molecule has 1 aliphatic heterocycles. The van der Waals surface area contributed by atoms with E-state index in [0.29, 0.717) is 0 Å². The molecule has 2 N–H and O–H groups in total. The summed E-state index contributed by atoms with van der Waals surface area (Å²) >= 11 is 0. The van der Waals surface area contributed by atoms with Crippen molar-refractivity contribution in [2.75, 3.05) is 32.7 Å². The lowest BCUT2D eigenvalue weighted by Crippen LogP contribution is -2.45. The highest BCUT2D eigenvalue weighted by atomic mass is 15.2. The smallest absolute Gasteiger partial charge is 0.0150 e. The first kappa shape index (κ1) is 10.7. The van der Waals surface area contributed by atoms with Crippen LogP contribution in [0.25, 0.3) is 0 Å². The van der Waals surface area contributed by atoms with Gasteiger partial charge in [0.1, 0.15) is 0 Å².